The Morgan fingerprint density at radius 2 is 1.85 bits per heavy atom. The van der Waals surface area contributed by atoms with Crippen LogP contribution < -0.4 is 10.6 Å². The molecule has 0 amide bonds. The third kappa shape index (κ3) is 6.86. The van der Waals surface area contributed by atoms with Gasteiger partial charge in [0.1, 0.15) is 5.76 Å². The van der Waals surface area contributed by atoms with Crippen molar-refractivity contribution >= 4 is 5.96 Å². The largest absolute Gasteiger partial charge is 0.361 e. The molecule has 152 valence electrons. The quantitative estimate of drug-likeness (QED) is 0.334. The monoisotopic (exact) mass is 375 g/mol. The number of aliphatic imine (C=N–C) groups is 1. The van der Waals surface area contributed by atoms with Crippen LogP contribution in [0.25, 0.3) is 0 Å². The molecule has 2 N–H and O–H groups in total. The van der Waals surface area contributed by atoms with E-state index in [0.717, 1.165) is 55.5 Å². The highest BCUT2D eigenvalue weighted by Crippen LogP contribution is 2.15. The highest BCUT2D eigenvalue weighted by atomic mass is 16.5. The maximum Gasteiger partial charge on any atom is 0.191 e. The summed E-state index contributed by atoms with van der Waals surface area (Å²) in [7, 11) is 1.79. The molecule has 0 fully saturated rings. The molecule has 0 radical (unpaired) electrons. The molecule has 0 aliphatic carbocycles. The van der Waals surface area contributed by atoms with E-state index >= 15 is 0 Å². The van der Waals surface area contributed by atoms with Crippen LogP contribution in [0.4, 0.5) is 0 Å². The summed E-state index contributed by atoms with van der Waals surface area (Å²) in [5.74, 6) is 2.22. The van der Waals surface area contributed by atoms with Gasteiger partial charge in [-0.3, -0.25) is 9.89 Å². The van der Waals surface area contributed by atoms with Crippen molar-refractivity contribution in [3.63, 3.8) is 0 Å². The molecule has 1 rings (SSSR count). The topological polar surface area (TPSA) is 65.7 Å². The van der Waals surface area contributed by atoms with Crippen LogP contribution in [0.15, 0.2) is 34.8 Å². The molecule has 6 heteroatoms. The average molecular weight is 376 g/mol. The second-order valence-corrected chi connectivity index (χ2v) is 6.89. The van der Waals surface area contributed by atoms with E-state index in [1.165, 1.54) is 0 Å². The van der Waals surface area contributed by atoms with Crippen LogP contribution in [0.3, 0.4) is 0 Å². The molecule has 6 nitrogen and oxygen atoms in total. The number of hydrogen-bond acceptors (Lipinski definition) is 4. The van der Waals surface area contributed by atoms with E-state index in [2.05, 4.69) is 66.5 Å². The average Bonchev–Trinajstić information content (AvgIpc) is 3.06. The van der Waals surface area contributed by atoms with Crippen LogP contribution in [0.5, 0.6) is 0 Å². The van der Waals surface area contributed by atoms with Gasteiger partial charge in [0, 0.05) is 51.3 Å². The Labute approximate surface area is 164 Å². The second kappa shape index (κ2) is 12.3. The predicted molar refractivity (Wildman–Crippen MR) is 114 cm³/mol. The van der Waals surface area contributed by atoms with Crippen molar-refractivity contribution in [1.82, 2.24) is 20.7 Å². The molecule has 0 saturated carbocycles. The predicted octanol–water partition coefficient (Wildman–Crippen LogP) is 3.16. The summed E-state index contributed by atoms with van der Waals surface area (Å²) in [4.78, 5) is 6.74. The molecule has 1 atom stereocenters. The van der Waals surface area contributed by atoms with Crippen molar-refractivity contribution in [1.29, 1.82) is 0 Å². The van der Waals surface area contributed by atoms with Crippen LogP contribution in [0, 0.1) is 5.92 Å². The molecule has 0 spiro atoms. The minimum absolute atomic E-state index is 0.354. The van der Waals surface area contributed by atoms with Crippen LogP contribution in [-0.4, -0.2) is 48.7 Å². The van der Waals surface area contributed by atoms with Gasteiger partial charge in [-0.25, -0.2) is 0 Å². The van der Waals surface area contributed by atoms with Gasteiger partial charge >= 0.3 is 0 Å². The molecule has 1 unspecified atom stereocenters. The van der Waals surface area contributed by atoms with E-state index in [1.54, 1.807) is 7.05 Å². The number of guanidine groups is 1. The standard InChI is InChI=1S/C21H37N5O/c1-8-12-26(13-9-2)19(16(5)6)15-24-21(22-7)23-14-17-18(10-3)25-27-20(17)11-4/h8-9,16,19H,1-2,10-15H2,3-7H3,(H2,22,23,24). The van der Waals surface area contributed by atoms with Crippen molar-refractivity contribution in [3.05, 3.63) is 42.3 Å². The van der Waals surface area contributed by atoms with Crippen LogP contribution in [0.2, 0.25) is 0 Å². The fourth-order valence-electron chi connectivity index (χ4n) is 3.20. The lowest BCUT2D eigenvalue weighted by molar-refractivity contribution is 0.190. The van der Waals surface area contributed by atoms with E-state index in [1.807, 2.05) is 12.2 Å². The van der Waals surface area contributed by atoms with Gasteiger partial charge in [-0.05, 0) is 12.3 Å². The molecule has 1 heterocycles. The Balaban J connectivity index is 2.73. The van der Waals surface area contributed by atoms with Crippen LogP contribution in [-0.2, 0) is 19.4 Å². The summed E-state index contributed by atoms with van der Waals surface area (Å²) in [5.41, 5.74) is 2.15. The van der Waals surface area contributed by atoms with Crippen molar-refractivity contribution in [2.75, 3.05) is 26.7 Å². The highest BCUT2D eigenvalue weighted by molar-refractivity contribution is 5.79. The van der Waals surface area contributed by atoms with Gasteiger partial charge in [-0.15, -0.1) is 13.2 Å². The SMILES string of the molecule is C=CCN(CC=C)C(CNC(=NC)NCc1c(CC)noc1CC)C(C)C. The molecule has 1 aromatic rings. The van der Waals surface area contributed by atoms with Gasteiger partial charge in [0.05, 0.1) is 5.69 Å². The first-order chi connectivity index (χ1) is 13.0. The van der Waals surface area contributed by atoms with Crippen molar-refractivity contribution in [3.8, 4) is 0 Å². The van der Waals surface area contributed by atoms with Gasteiger partial charge in [-0.2, -0.15) is 0 Å². The molecule has 1 aromatic heterocycles. The number of rotatable bonds is 12. The lowest BCUT2D eigenvalue weighted by atomic mass is 10.0. The van der Waals surface area contributed by atoms with Crippen LogP contribution in [0.1, 0.15) is 44.7 Å². The van der Waals surface area contributed by atoms with E-state index in [9.17, 15) is 0 Å². The first-order valence-corrected chi connectivity index (χ1v) is 9.88. The first-order valence-electron chi connectivity index (χ1n) is 9.88. The third-order valence-corrected chi connectivity index (χ3v) is 4.71. The summed E-state index contributed by atoms with van der Waals surface area (Å²) in [5, 5.41) is 11.0. The summed E-state index contributed by atoms with van der Waals surface area (Å²) < 4.78 is 5.44. The Kier molecular flexibility index (Phi) is 10.5. The number of nitrogens with one attached hydrogen (secondary N) is 2. The molecule has 0 aromatic carbocycles. The first kappa shape index (κ1) is 23.0. The van der Waals surface area contributed by atoms with Gasteiger partial charge in [0.2, 0.25) is 0 Å². The minimum atomic E-state index is 0.354. The lowest BCUT2D eigenvalue weighted by Gasteiger charge is -2.33. The fourth-order valence-corrected chi connectivity index (χ4v) is 3.20. The molecule has 0 bridgehead atoms. The lowest BCUT2D eigenvalue weighted by Crippen LogP contribution is -2.49. The molecule has 27 heavy (non-hydrogen) atoms. The number of aryl methyl sites for hydroxylation is 2. The zero-order valence-corrected chi connectivity index (χ0v) is 17.7. The summed E-state index contributed by atoms with van der Waals surface area (Å²) in [6, 6.07) is 0.354. The molecule has 0 aliphatic heterocycles. The van der Waals surface area contributed by atoms with Gasteiger partial charge in [0.15, 0.2) is 5.96 Å². The smallest absolute Gasteiger partial charge is 0.191 e. The molecule has 0 saturated heterocycles. The van der Waals surface area contributed by atoms with Crippen LogP contribution >= 0.6 is 0 Å². The normalized spacial score (nSPS) is 13.1. The Morgan fingerprint density at radius 1 is 1.19 bits per heavy atom. The molecular weight excluding hydrogens is 338 g/mol. The van der Waals surface area contributed by atoms with Crippen molar-refractivity contribution in [2.24, 2.45) is 10.9 Å². The zero-order chi connectivity index (χ0) is 20.2. The second-order valence-electron chi connectivity index (χ2n) is 6.89. The van der Waals surface area contributed by atoms with Crippen molar-refractivity contribution < 1.29 is 4.52 Å². The zero-order valence-electron chi connectivity index (χ0n) is 17.7. The van der Waals surface area contributed by atoms with E-state index in [0.29, 0.717) is 18.5 Å². The Bertz CT molecular complexity index is 574. The highest BCUT2D eigenvalue weighted by Gasteiger charge is 2.21. The maximum absolute atomic E-state index is 5.44. The summed E-state index contributed by atoms with van der Waals surface area (Å²) >= 11 is 0. The van der Waals surface area contributed by atoms with E-state index in [4.69, 9.17) is 4.52 Å². The number of hydrogen-bond donors (Lipinski definition) is 2. The van der Waals surface area contributed by atoms with Crippen molar-refractivity contribution in [2.45, 2.75) is 53.1 Å². The van der Waals surface area contributed by atoms with Gasteiger partial charge < -0.3 is 15.2 Å². The molecule has 0 aliphatic rings. The minimum Gasteiger partial charge on any atom is -0.361 e. The summed E-state index contributed by atoms with van der Waals surface area (Å²) in [6.45, 7) is 19.5. The number of nitrogens with zero attached hydrogens (tertiary/aromatic N) is 3. The molecular formula is C21H37N5O. The van der Waals surface area contributed by atoms with Gasteiger partial charge in [0.25, 0.3) is 0 Å². The van der Waals surface area contributed by atoms with Gasteiger partial charge in [-0.1, -0.05) is 45.0 Å². The Hall–Kier alpha value is -2.08. The number of aromatic nitrogens is 1. The fraction of sp³-hybridized carbons (Fsp3) is 0.619. The third-order valence-electron chi connectivity index (χ3n) is 4.71. The van der Waals surface area contributed by atoms with E-state index in [-0.39, 0.29) is 0 Å². The Morgan fingerprint density at radius 3 is 2.33 bits per heavy atom. The maximum atomic E-state index is 5.44. The summed E-state index contributed by atoms with van der Waals surface area (Å²) in [6.07, 6.45) is 5.58. The van der Waals surface area contributed by atoms with E-state index < -0.39 is 0 Å².